The molecule has 2 heteroatoms. The van der Waals surface area contributed by atoms with Gasteiger partial charge in [0.15, 0.2) is 0 Å². The summed E-state index contributed by atoms with van der Waals surface area (Å²) in [5.41, 5.74) is 5.66. The predicted octanol–water partition coefficient (Wildman–Crippen LogP) is 3.89. The molecular weight excluding hydrogens is 220 g/mol. The van der Waals surface area contributed by atoms with Crippen LogP contribution in [0.5, 0.6) is 0 Å². The minimum Gasteiger partial charge on any atom is -0.303 e. The summed E-state index contributed by atoms with van der Waals surface area (Å²) in [6.07, 6.45) is 4.47. The van der Waals surface area contributed by atoms with Crippen molar-refractivity contribution in [3.8, 4) is 0 Å². The highest BCUT2D eigenvalue weighted by molar-refractivity contribution is 5.52. The highest BCUT2D eigenvalue weighted by Gasteiger charge is 2.40. The first-order valence-corrected chi connectivity index (χ1v) is 6.77. The van der Waals surface area contributed by atoms with Gasteiger partial charge in [-0.1, -0.05) is 33.8 Å². The maximum atomic E-state index is 4.91. The van der Waals surface area contributed by atoms with Crippen molar-refractivity contribution in [3.05, 3.63) is 35.3 Å². The minimum atomic E-state index is 0.199. The number of rotatable bonds is 0. The van der Waals surface area contributed by atoms with Gasteiger partial charge in [-0.25, -0.2) is 4.98 Å². The van der Waals surface area contributed by atoms with Gasteiger partial charge in [-0.2, -0.15) is 0 Å². The van der Waals surface area contributed by atoms with Crippen LogP contribution in [0.25, 0.3) is 5.65 Å². The van der Waals surface area contributed by atoms with Crippen molar-refractivity contribution in [2.75, 3.05) is 0 Å². The van der Waals surface area contributed by atoms with Crippen LogP contribution in [0.1, 0.15) is 51.1 Å². The van der Waals surface area contributed by atoms with Gasteiger partial charge in [0.1, 0.15) is 5.65 Å². The van der Waals surface area contributed by atoms with E-state index in [4.69, 9.17) is 4.98 Å². The number of imidazole rings is 1. The monoisotopic (exact) mass is 242 g/mol. The molecule has 0 amide bonds. The summed E-state index contributed by atoms with van der Waals surface area (Å²) in [5, 5.41) is 0. The lowest BCUT2D eigenvalue weighted by Crippen LogP contribution is -2.35. The molecule has 1 aliphatic rings. The molecule has 0 aliphatic heterocycles. The number of hydrogen-bond donors (Lipinski definition) is 0. The van der Waals surface area contributed by atoms with Gasteiger partial charge in [-0.3, -0.25) is 0 Å². The van der Waals surface area contributed by atoms with E-state index in [0.29, 0.717) is 5.41 Å². The zero-order chi connectivity index (χ0) is 13.1. The van der Waals surface area contributed by atoms with Crippen LogP contribution in [0.3, 0.4) is 0 Å². The summed E-state index contributed by atoms with van der Waals surface area (Å²) in [6.45, 7) is 11.6. The number of hydrogen-bond acceptors (Lipinski definition) is 1. The number of aryl methyl sites for hydroxylation is 1. The molecule has 96 valence electrons. The summed E-state index contributed by atoms with van der Waals surface area (Å²) in [4.78, 5) is 4.91. The van der Waals surface area contributed by atoms with E-state index in [-0.39, 0.29) is 5.41 Å². The van der Waals surface area contributed by atoms with Gasteiger partial charge in [0, 0.05) is 11.6 Å². The molecule has 2 nitrogen and oxygen atoms in total. The first-order valence-electron chi connectivity index (χ1n) is 6.77. The molecule has 0 saturated heterocycles. The van der Waals surface area contributed by atoms with Crippen LogP contribution in [0, 0.1) is 12.3 Å². The molecule has 0 radical (unpaired) electrons. The summed E-state index contributed by atoms with van der Waals surface area (Å²) in [5.74, 6) is 0. The SMILES string of the molecule is Cc1cccn2c3c(nc12)CC(C)(C)CC3(C)C. The molecule has 1 aliphatic carbocycles. The minimum absolute atomic E-state index is 0.199. The number of nitrogens with zero attached hydrogens (tertiary/aromatic N) is 2. The zero-order valence-corrected chi connectivity index (χ0v) is 12.0. The lowest BCUT2D eigenvalue weighted by Gasteiger charge is -2.40. The molecule has 3 rings (SSSR count). The van der Waals surface area contributed by atoms with Crippen molar-refractivity contribution in [2.24, 2.45) is 5.41 Å². The van der Waals surface area contributed by atoms with E-state index in [1.807, 2.05) is 0 Å². The molecule has 0 unspecified atom stereocenters. The predicted molar refractivity (Wildman–Crippen MR) is 75.1 cm³/mol. The van der Waals surface area contributed by atoms with Crippen LogP contribution in [-0.4, -0.2) is 9.38 Å². The molecular formula is C16H22N2. The van der Waals surface area contributed by atoms with E-state index < -0.39 is 0 Å². The third-order valence-electron chi connectivity index (χ3n) is 4.12. The van der Waals surface area contributed by atoms with Gasteiger partial charge in [0.25, 0.3) is 0 Å². The molecule has 0 bridgehead atoms. The summed E-state index contributed by atoms with van der Waals surface area (Å²) in [7, 11) is 0. The van der Waals surface area contributed by atoms with E-state index in [1.54, 1.807) is 0 Å². The second kappa shape index (κ2) is 3.37. The van der Waals surface area contributed by atoms with E-state index in [1.165, 1.54) is 23.4 Å². The van der Waals surface area contributed by atoms with Crippen molar-refractivity contribution in [1.82, 2.24) is 9.38 Å². The maximum Gasteiger partial charge on any atom is 0.140 e. The number of aromatic nitrogens is 2. The van der Waals surface area contributed by atoms with Crippen molar-refractivity contribution in [3.63, 3.8) is 0 Å². The summed E-state index contributed by atoms with van der Waals surface area (Å²) >= 11 is 0. The molecule has 2 aromatic heterocycles. The van der Waals surface area contributed by atoms with E-state index in [2.05, 4.69) is 57.3 Å². The maximum absolute atomic E-state index is 4.91. The van der Waals surface area contributed by atoms with Crippen molar-refractivity contribution in [1.29, 1.82) is 0 Å². The molecule has 0 aromatic carbocycles. The largest absolute Gasteiger partial charge is 0.303 e. The van der Waals surface area contributed by atoms with E-state index in [0.717, 1.165) is 12.1 Å². The molecule has 0 spiro atoms. The van der Waals surface area contributed by atoms with Crippen LogP contribution in [-0.2, 0) is 11.8 Å². The number of fused-ring (bicyclic) bond motifs is 3. The Bertz CT molecular complexity index is 617. The van der Waals surface area contributed by atoms with Gasteiger partial charge in [-0.15, -0.1) is 0 Å². The van der Waals surface area contributed by atoms with Gasteiger partial charge in [-0.05, 0) is 36.8 Å². The fourth-order valence-electron chi connectivity index (χ4n) is 3.89. The van der Waals surface area contributed by atoms with Gasteiger partial charge in [0.2, 0.25) is 0 Å². The van der Waals surface area contributed by atoms with Gasteiger partial charge < -0.3 is 4.40 Å². The van der Waals surface area contributed by atoms with Crippen LogP contribution >= 0.6 is 0 Å². The Hall–Kier alpha value is -1.31. The molecule has 0 atom stereocenters. The fraction of sp³-hybridized carbons (Fsp3) is 0.562. The standard InChI is InChI=1S/C16H22N2/c1-11-7-6-8-18-13-12(17-14(11)18)9-15(2,3)10-16(13,4)5/h6-8H,9-10H2,1-5H3. The van der Waals surface area contributed by atoms with Crippen LogP contribution in [0.4, 0.5) is 0 Å². The van der Waals surface area contributed by atoms with Crippen molar-refractivity contribution >= 4 is 5.65 Å². The van der Waals surface area contributed by atoms with E-state index in [9.17, 15) is 0 Å². The summed E-state index contributed by atoms with van der Waals surface area (Å²) in [6, 6.07) is 4.27. The van der Waals surface area contributed by atoms with Crippen molar-refractivity contribution in [2.45, 2.75) is 52.9 Å². The van der Waals surface area contributed by atoms with E-state index >= 15 is 0 Å². The molecule has 0 fully saturated rings. The van der Waals surface area contributed by atoms with Crippen molar-refractivity contribution < 1.29 is 0 Å². The highest BCUT2D eigenvalue weighted by Crippen LogP contribution is 2.45. The molecule has 0 N–H and O–H groups in total. The zero-order valence-electron chi connectivity index (χ0n) is 12.0. The van der Waals surface area contributed by atoms with Crippen LogP contribution in [0.15, 0.2) is 18.3 Å². The van der Waals surface area contributed by atoms with Gasteiger partial charge >= 0.3 is 0 Å². The van der Waals surface area contributed by atoms with Gasteiger partial charge in [0.05, 0.1) is 11.4 Å². The second-order valence-electron chi connectivity index (χ2n) is 7.19. The fourth-order valence-corrected chi connectivity index (χ4v) is 3.89. The smallest absolute Gasteiger partial charge is 0.140 e. The topological polar surface area (TPSA) is 17.3 Å². The Kier molecular flexibility index (Phi) is 2.20. The summed E-state index contributed by atoms with van der Waals surface area (Å²) < 4.78 is 2.31. The Morgan fingerprint density at radius 3 is 2.67 bits per heavy atom. The lowest BCUT2D eigenvalue weighted by atomic mass is 9.66. The molecule has 0 saturated carbocycles. The molecule has 2 heterocycles. The van der Waals surface area contributed by atoms with Crippen LogP contribution in [0.2, 0.25) is 0 Å². The third kappa shape index (κ3) is 1.58. The Morgan fingerprint density at radius 2 is 1.94 bits per heavy atom. The molecule has 18 heavy (non-hydrogen) atoms. The van der Waals surface area contributed by atoms with Crippen LogP contribution < -0.4 is 0 Å². The Balaban J connectivity index is 2.34. The first kappa shape index (κ1) is 11.8. The highest BCUT2D eigenvalue weighted by atomic mass is 15.0. The second-order valence-corrected chi connectivity index (χ2v) is 7.19. The quantitative estimate of drug-likeness (QED) is 0.685. The Morgan fingerprint density at radius 1 is 1.22 bits per heavy atom. The average molecular weight is 242 g/mol. The first-order chi connectivity index (χ1) is 8.30. The third-order valence-corrected chi connectivity index (χ3v) is 4.12. The average Bonchev–Trinajstić information content (AvgIpc) is 2.54. The molecule has 2 aromatic rings. The normalized spacial score (nSPS) is 20.9. The lowest BCUT2D eigenvalue weighted by molar-refractivity contribution is 0.224. The Labute approximate surface area is 109 Å². The number of pyridine rings is 1.